The minimum Gasteiger partial charge on any atom is -0.489 e. The van der Waals surface area contributed by atoms with Gasteiger partial charge in [-0.3, -0.25) is 19.8 Å². The summed E-state index contributed by atoms with van der Waals surface area (Å²) in [7, 11) is 0. The third-order valence-electron chi connectivity index (χ3n) is 6.88. The second kappa shape index (κ2) is 12.2. The molecule has 3 atom stereocenters. The molecule has 1 heterocycles. The van der Waals surface area contributed by atoms with Gasteiger partial charge in [-0.1, -0.05) is 32.0 Å². The summed E-state index contributed by atoms with van der Waals surface area (Å²) in [4.78, 5) is 29.5. The molecule has 37 heavy (non-hydrogen) atoms. The molecule has 1 aromatic heterocycles. The standard InChI is InChI=1S/C29H36N4O4/c1-18(2)30-23-10-13-26(21(15-23)16-28(34)33-36)32-29(35)20-8-11-24(12-9-20)37-17-22-14-19(3)31-27-7-5-4-6-25(22)27/h4-9,11-12,14,18,21,23,26,30,36H,10,13,15-17H2,1-3H3,(H,32,35)(H,33,34)/t21-,23+,26?/m0/s1. The van der Waals surface area contributed by atoms with E-state index in [0.717, 1.165) is 41.4 Å². The van der Waals surface area contributed by atoms with Crippen LogP contribution in [0.4, 0.5) is 0 Å². The molecule has 1 fully saturated rings. The van der Waals surface area contributed by atoms with Crippen LogP contribution >= 0.6 is 0 Å². The van der Waals surface area contributed by atoms with Crippen molar-refractivity contribution in [3.05, 3.63) is 71.4 Å². The van der Waals surface area contributed by atoms with Crippen LogP contribution in [0.2, 0.25) is 0 Å². The molecule has 3 aromatic rings. The lowest BCUT2D eigenvalue weighted by molar-refractivity contribution is -0.130. The molecule has 1 aliphatic carbocycles. The van der Waals surface area contributed by atoms with E-state index in [1.54, 1.807) is 29.7 Å². The summed E-state index contributed by atoms with van der Waals surface area (Å²) < 4.78 is 6.02. The molecule has 0 radical (unpaired) electrons. The van der Waals surface area contributed by atoms with E-state index >= 15 is 0 Å². The number of hydroxylamine groups is 1. The van der Waals surface area contributed by atoms with Crippen LogP contribution in [0.3, 0.4) is 0 Å². The highest BCUT2D eigenvalue weighted by atomic mass is 16.5. The first kappa shape index (κ1) is 26.6. The SMILES string of the molecule is Cc1cc(COc2ccc(C(=O)NC3CC[C@@H](NC(C)C)C[C@H]3CC(=O)NO)cc2)c2ccccc2n1. The molecule has 1 saturated carbocycles. The first-order valence-corrected chi connectivity index (χ1v) is 12.9. The molecule has 0 spiro atoms. The van der Waals surface area contributed by atoms with Crippen molar-refractivity contribution in [2.75, 3.05) is 0 Å². The van der Waals surface area contributed by atoms with Crippen molar-refractivity contribution in [1.82, 2.24) is 21.1 Å². The average molecular weight is 505 g/mol. The summed E-state index contributed by atoms with van der Waals surface area (Å²) >= 11 is 0. The number of hydrogen-bond donors (Lipinski definition) is 4. The van der Waals surface area contributed by atoms with Crippen molar-refractivity contribution in [2.45, 2.75) is 71.2 Å². The zero-order chi connectivity index (χ0) is 26.4. The van der Waals surface area contributed by atoms with Crippen molar-refractivity contribution >= 4 is 22.7 Å². The number of nitrogens with one attached hydrogen (secondary N) is 3. The first-order chi connectivity index (χ1) is 17.8. The monoisotopic (exact) mass is 504 g/mol. The molecule has 1 aliphatic rings. The largest absolute Gasteiger partial charge is 0.489 e. The number of nitrogens with zero attached hydrogens (tertiary/aromatic N) is 1. The van der Waals surface area contributed by atoms with E-state index in [-0.39, 0.29) is 30.3 Å². The Labute approximate surface area is 217 Å². The van der Waals surface area contributed by atoms with Crippen LogP contribution in [0.25, 0.3) is 10.9 Å². The van der Waals surface area contributed by atoms with Gasteiger partial charge in [0.1, 0.15) is 12.4 Å². The lowest BCUT2D eigenvalue weighted by atomic mass is 9.79. The van der Waals surface area contributed by atoms with Gasteiger partial charge in [-0.15, -0.1) is 0 Å². The highest BCUT2D eigenvalue weighted by Crippen LogP contribution is 2.28. The Balaban J connectivity index is 1.38. The molecule has 1 unspecified atom stereocenters. The third-order valence-corrected chi connectivity index (χ3v) is 6.88. The van der Waals surface area contributed by atoms with Gasteiger partial charge in [-0.25, -0.2) is 5.48 Å². The number of aromatic nitrogens is 1. The van der Waals surface area contributed by atoms with Crippen LogP contribution < -0.4 is 20.9 Å². The summed E-state index contributed by atoms with van der Waals surface area (Å²) in [6, 6.07) is 17.6. The number of pyridine rings is 1. The fourth-order valence-corrected chi connectivity index (χ4v) is 5.22. The van der Waals surface area contributed by atoms with Gasteiger partial charge in [0, 0.05) is 46.8 Å². The van der Waals surface area contributed by atoms with Gasteiger partial charge in [0.25, 0.3) is 5.91 Å². The van der Waals surface area contributed by atoms with E-state index in [0.29, 0.717) is 24.0 Å². The van der Waals surface area contributed by atoms with Gasteiger partial charge < -0.3 is 15.4 Å². The summed E-state index contributed by atoms with van der Waals surface area (Å²) in [6.07, 6.45) is 2.59. The van der Waals surface area contributed by atoms with E-state index < -0.39 is 5.91 Å². The normalized spacial score (nSPS) is 19.5. The van der Waals surface area contributed by atoms with Crippen molar-refractivity contribution in [1.29, 1.82) is 0 Å². The van der Waals surface area contributed by atoms with Gasteiger partial charge in [-0.05, 0) is 68.5 Å². The highest BCUT2D eigenvalue weighted by Gasteiger charge is 2.33. The van der Waals surface area contributed by atoms with E-state index in [1.807, 2.05) is 37.3 Å². The molecule has 8 nitrogen and oxygen atoms in total. The number of carbonyl (C=O) groups excluding carboxylic acids is 2. The fraction of sp³-hybridized carbons (Fsp3) is 0.414. The maximum absolute atomic E-state index is 13.0. The Morgan fingerprint density at radius 3 is 2.59 bits per heavy atom. The Morgan fingerprint density at radius 2 is 1.86 bits per heavy atom. The Kier molecular flexibility index (Phi) is 8.74. The molecule has 4 N–H and O–H groups in total. The minimum atomic E-state index is -0.437. The summed E-state index contributed by atoms with van der Waals surface area (Å²) in [6.45, 7) is 6.56. The van der Waals surface area contributed by atoms with Crippen LogP contribution in [-0.4, -0.2) is 40.1 Å². The number of para-hydroxylation sites is 1. The Hall–Kier alpha value is -3.49. The predicted molar refractivity (Wildman–Crippen MR) is 142 cm³/mol. The Morgan fingerprint density at radius 1 is 1.11 bits per heavy atom. The lowest BCUT2D eigenvalue weighted by Gasteiger charge is -2.37. The number of carbonyl (C=O) groups is 2. The maximum atomic E-state index is 13.0. The molecule has 2 amide bonds. The molecule has 8 heteroatoms. The smallest absolute Gasteiger partial charge is 0.251 e. The van der Waals surface area contributed by atoms with Crippen LogP contribution in [0, 0.1) is 12.8 Å². The van der Waals surface area contributed by atoms with Crippen LogP contribution in [0.5, 0.6) is 5.75 Å². The molecular weight excluding hydrogens is 468 g/mol. The molecule has 0 bridgehead atoms. The number of ether oxygens (including phenoxy) is 1. The van der Waals surface area contributed by atoms with Gasteiger partial charge >= 0.3 is 0 Å². The summed E-state index contributed by atoms with van der Waals surface area (Å²) in [5.41, 5.74) is 5.20. The molecule has 4 rings (SSSR count). The van der Waals surface area contributed by atoms with Crippen LogP contribution in [0.1, 0.15) is 61.1 Å². The van der Waals surface area contributed by atoms with E-state index in [1.165, 1.54) is 0 Å². The molecule has 0 aliphatic heterocycles. The zero-order valence-corrected chi connectivity index (χ0v) is 21.7. The van der Waals surface area contributed by atoms with Gasteiger partial charge in [-0.2, -0.15) is 0 Å². The zero-order valence-electron chi connectivity index (χ0n) is 21.7. The lowest BCUT2D eigenvalue weighted by Crippen LogP contribution is -2.49. The van der Waals surface area contributed by atoms with Crippen molar-refractivity contribution in [3.63, 3.8) is 0 Å². The highest BCUT2D eigenvalue weighted by molar-refractivity contribution is 5.94. The Bertz CT molecular complexity index is 1230. The number of benzene rings is 2. The summed E-state index contributed by atoms with van der Waals surface area (Å²) in [5.74, 6) is -0.0136. The van der Waals surface area contributed by atoms with Crippen molar-refractivity contribution in [2.24, 2.45) is 5.92 Å². The molecule has 0 saturated heterocycles. The summed E-state index contributed by atoms with van der Waals surface area (Å²) in [5, 5.41) is 16.7. The fourth-order valence-electron chi connectivity index (χ4n) is 5.22. The van der Waals surface area contributed by atoms with E-state index in [4.69, 9.17) is 9.94 Å². The number of aryl methyl sites for hydroxylation is 1. The molecule has 2 aromatic carbocycles. The molecule has 196 valence electrons. The quantitative estimate of drug-likeness (QED) is 0.256. The second-order valence-corrected chi connectivity index (χ2v) is 10.2. The topological polar surface area (TPSA) is 113 Å². The number of rotatable bonds is 9. The van der Waals surface area contributed by atoms with Gasteiger partial charge in [0.2, 0.25) is 5.91 Å². The maximum Gasteiger partial charge on any atom is 0.251 e. The molecular formula is C29H36N4O4. The van der Waals surface area contributed by atoms with Gasteiger partial charge in [0.05, 0.1) is 5.52 Å². The van der Waals surface area contributed by atoms with Gasteiger partial charge in [0.15, 0.2) is 0 Å². The van der Waals surface area contributed by atoms with Crippen molar-refractivity contribution < 1.29 is 19.5 Å². The van der Waals surface area contributed by atoms with Crippen LogP contribution in [-0.2, 0) is 11.4 Å². The first-order valence-electron chi connectivity index (χ1n) is 12.9. The van der Waals surface area contributed by atoms with E-state index in [9.17, 15) is 9.59 Å². The second-order valence-electron chi connectivity index (χ2n) is 10.2. The number of fused-ring (bicyclic) bond motifs is 1. The predicted octanol–water partition coefficient (Wildman–Crippen LogP) is 4.28. The minimum absolute atomic E-state index is 0.0673. The number of amides is 2. The van der Waals surface area contributed by atoms with Crippen molar-refractivity contribution in [3.8, 4) is 5.75 Å². The average Bonchev–Trinajstić information content (AvgIpc) is 2.88. The van der Waals surface area contributed by atoms with Crippen LogP contribution in [0.15, 0.2) is 54.6 Å². The third kappa shape index (κ3) is 7.05. The van der Waals surface area contributed by atoms with E-state index in [2.05, 4.69) is 29.5 Å². The number of hydrogen-bond acceptors (Lipinski definition) is 6.